The van der Waals surface area contributed by atoms with Gasteiger partial charge in [-0.3, -0.25) is 4.68 Å². The molecule has 1 fully saturated rings. The number of aromatic nitrogens is 3. The number of ether oxygens (including phenoxy) is 1. The van der Waals surface area contributed by atoms with Crippen LogP contribution in [-0.4, -0.2) is 41.3 Å². The molecule has 0 saturated carbocycles. The molecule has 2 heterocycles. The van der Waals surface area contributed by atoms with E-state index in [1.54, 1.807) is 23.9 Å². The van der Waals surface area contributed by atoms with E-state index < -0.39 is 0 Å². The van der Waals surface area contributed by atoms with Crippen LogP contribution in [0.25, 0.3) is 0 Å². The topological polar surface area (TPSA) is 67.0 Å². The van der Waals surface area contributed by atoms with Crippen LogP contribution in [-0.2, 0) is 11.8 Å². The molecule has 0 amide bonds. The number of hydrogen-bond donors (Lipinski definition) is 0. The fourth-order valence-corrected chi connectivity index (χ4v) is 3.06. The van der Waals surface area contributed by atoms with Gasteiger partial charge in [0.1, 0.15) is 6.07 Å². The summed E-state index contributed by atoms with van der Waals surface area (Å²) in [7, 11) is 3.54. The highest BCUT2D eigenvalue weighted by Crippen LogP contribution is 2.34. The van der Waals surface area contributed by atoms with E-state index in [9.17, 15) is 5.26 Å². The van der Waals surface area contributed by atoms with Crippen molar-refractivity contribution in [3.8, 4) is 6.07 Å². The quantitative estimate of drug-likeness (QED) is 0.865. The fraction of sp³-hybridized carbons (Fsp3) is 0.400. The second-order valence-corrected chi connectivity index (χ2v) is 5.81. The molecule has 2 aromatic rings. The highest BCUT2D eigenvalue weighted by Gasteiger charge is 2.36. The molecule has 1 aliphatic heterocycles. The van der Waals surface area contributed by atoms with Crippen molar-refractivity contribution in [1.29, 1.82) is 5.26 Å². The molecule has 114 valence electrons. The summed E-state index contributed by atoms with van der Waals surface area (Å²) in [4.78, 5) is 2.12. The van der Waals surface area contributed by atoms with Crippen LogP contribution in [0.15, 0.2) is 24.4 Å². The maximum Gasteiger partial charge on any atom is 0.101 e. The van der Waals surface area contributed by atoms with Gasteiger partial charge in [0.05, 0.1) is 29.0 Å². The third-order valence-electron chi connectivity index (χ3n) is 3.99. The summed E-state index contributed by atoms with van der Waals surface area (Å²) >= 11 is 6.09. The van der Waals surface area contributed by atoms with Crippen LogP contribution in [0.5, 0.6) is 0 Å². The number of nitriles is 1. The molecule has 0 bridgehead atoms. The molecule has 0 unspecified atom stereocenters. The first-order chi connectivity index (χ1) is 10.6. The van der Waals surface area contributed by atoms with Crippen LogP contribution in [0.1, 0.15) is 17.2 Å². The van der Waals surface area contributed by atoms with Gasteiger partial charge in [0.15, 0.2) is 0 Å². The van der Waals surface area contributed by atoms with Gasteiger partial charge in [0.2, 0.25) is 0 Å². The van der Waals surface area contributed by atoms with Crippen molar-refractivity contribution in [2.75, 3.05) is 25.1 Å². The number of methoxy groups -OCH3 is 1. The molecule has 0 radical (unpaired) electrons. The zero-order valence-corrected chi connectivity index (χ0v) is 13.2. The minimum atomic E-state index is 0.00206. The third-order valence-corrected chi connectivity index (χ3v) is 4.23. The minimum absolute atomic E-state index is 0.00206. The molecule has 0 N–H and O–H groups in total. The molecule has 22 heavy (non-hydrogen) atoms. The fourth-order valence-electron chi connectivity index (χ4n) is 2.89. The number of rotatable bonds is 3. The highest BCUT2D eigenvalue weighted by atomic mass is 35.5. The Hall–Kier alpha value is -2.10. The van der Waals surface area contributed by atoms with Crippen LogP contribution in [0, 0.1) is 11.3 Å². The second-order valence-electron chi connectivity index (χ2n) is 5.38. The van der Waals surface area contributed by atoms with E-state index in [2.05, 4.69) is 21.3 Å². The lowest BCUT2D eigenvalue weighted by atomic mass is 10.0. The maximum absolute atomic E-state index is 9.30. The molecule has 1 saturated heterocycles. The smallest absolute Gasteiger partial charge is 0.101 e. The molecule has 0 aliphatic carbocycles. The first-order valence-electron chi connectivity index (χ1n) is 6.96. The summed E-state index contributed by atoms with van der Waals surface area (Å²) in [6, 6.07) is 7.52. The first kappa shape index (κ1) is 14.8. The van der Waals surface area contributed by atoms with E-state index in [-0.39, 0.29) is 12.0 Å². The van der Waals surface area contributed by atoms with Gasteiger partial charge >= 0.3 is 0 Å². The Morgan fingerprint density at radius 1 is 1.41 bits per heavy atom. The summed E-state index contributed by atoms with van der Waals surface area (Å²) in [6.45, 7) is 1.40. The number of nitrogens with zero attached hydrogens (tertiary/aromatic N) is 5. The molecule has 1 aliphatic rings. The summed E-state index contributed by atoms with van der Waals surface area (Å²) in [5, 5.41) is 18.1. The van der Waals surface area contributed by atoms with E-state index in [4.69, 9.17) is 16.3 Å². The molecular formula is C15H16ClN5O. The molecular weight excluding hydrogens is 302 g/mol. The van der Waals surface area contributed by atoms with Crippen molar-refractivity contribution in [1.82, 2.24) is 15.0 Å². The van der Waals surface area contributed by atoms with Crippen molar-refractivity contribution >= 4 is 17.3 Å². The summed E-state index contributed by atoms with van der Waals surface area (Å²) in [5.41, 5.74) is 2.35. The number of halogens is 1. The van der Waals surface area contributed by atoms with E-state index >= 15 is 0 Å². The van der Waals surface area contributed by atoms with Crippen LogP contribution in [0.3, 0.4) is 0 Å². The Morgan fingerprint density at radius 2 is 2.23 bits per heavy atom. The zero-order valence-electron chi connectivity index (χ0n) is 12.4. The Labute approximate surface area is 133 Å². The first-order valence-corrected chi connectivity index (χ1v) is 7.33. The van der Waals surface area contributed by atoms with Gasteiger partial charge in [0.25, 0.3) is 0 Å². The van der Waals surface area contributed by atoms with Gasteiger partial charge in [-0.25, -0.2) is 0 Å². The molecule has 3 rings (SSSR count). The van der Waals surface area contributed by atoms with Crippen molar-refractivity contribution < 1.29 is 4.74 Å². The van der Waals surface area contributed by atoms with Crippen molar-refractivity contribution in [3.63, 3.8) is 0 Å². The Kier molecular flexibility index (Phi) is 4.01. The average Bonchev–Trinajstić information content (AvgIpc) is 3.12. The lowest BCUT2D eigenvalue weighted by Gasteiger charge is -2.19. The molecule has 0 spiro atoms. The molecule has 1 aromatic heterocycles. The van der Waals surface area contributed by atoms with E-state index in [0.29, 0.717) is 23.7 Å². The van der Waals surface area contributed by atoms with Crippen LogP contribution in [0.2, 0.25) is 5.02 Å². The molecule has 6 nitrogen and oxygen atoms in total. The van der Waals surface area contributed by atoms with Crippen LogP contribution >= 0.6 is 11.6 Å². The Morgan fingerprint density at radius 3 is 2.86 bits per heavy atom. The predicted molar refractivity (Wildman–Crippen MR) is 82.9 cm³/mol. The lowest BCUT2D eigenvalue weighted by Crippen LogP contribution is -2.23. The Bertz CT molecular complexity index is 723. The van der Waals surface area contributed by atoms with Gasteiger partial charge in [-0.05, 0) is 18.2 Å². The van der Waals surface area contributed by atoms with Gasteiger partial charge in [-0.1, -0.05) is 16.8 Å². The lowest BCUT2D eigenvalue weighted by molar-refractivity contribution is 0.105. The van der Waals surface area contributed by atoms with E-state index in [0.717, 1.165) is 11.4 Å². The van der Waals surface area contributed by atoms with Crippen LogP contribution < -0.4 is 4.90 Å². The summed E-state index contributed by atoms with van der Waals surface area (Å²) in [5.74, 6) is 0.115. The summed E-state index contributed by atoms with van der Waals surface area (Å²) < 4.78 is 7.29. The van der Waals surface area contributed by atoms with Gasteiger partial charge in [-0.2, -0.15) is 5.26 Å². The monoisotopic (exact) mass is 317 g/mol. The normalized spacial score (nSPS) is 21.1. The highest BCUT2D eigenvalue weighted by molar-refractivity contribution is 6.30. The third kappa shape index (κ3) is 2.65. The van der Waals surface area contributed by atoms with Gasteiger partial charge in [-0.15, -0.1) is 5.10 Å². The maximum atomic E-state index is 9.30. The van der Waals surface area contributed by atoms with Crippen molar-refractivity contribution in [2.24, 2.45) is 7.05 Å². The zero-order chi connectivity index (χ0) is 15.7. The van der Waals surface area contributed by atoms with E-state index in [1.165, 1.54) is 0 Å². The Balaban J connectivity index is 1.92. The summed E-state index contributed by atoms with van der Waals surface area (Å²) in [6.07, 6.45) is 1.91. The predicted octanol–water partition coefficient (Wildman–Crippen LogP) is 1.96. The molecule has 7 heteroatoms. The van der Waals surface area contributed by atoms with Gasteiger partial charge in [0, 0.05) is 38.5 Å². The second kappa shape index (κ2) is 5.95. The number of aryl methyl sites for hydroxylation is 1. The number of anilines is 1. The number of benzene rings is 1. The largest absolute Gasteiger partial charge is 0.379 e. The van der Waals surface area contributed by atoms with E-state index in [1.807, 2.05) is 19.3 Å². The van der Waals surface area contributed by atoms with Crippen molar-refractivity contribution in [2.45, 2.75) is 12.0 Å². The van der Waals surface area contributed by atoms with Crippen molar-refractivity contribution in [3.05, 3.63) is 40.7 Å². The minimum Gasteiger partial charge on any atom is -0.379 e. The standard InChI is InChI=1S/C15H16ClN5O/c1-20-8-13(18-19-20)12-7-21(9-15(12)22-2)14-5-11(16)4-3-10(14)6-17/h3-5,8,12,15H,7,9H2,1-2H3/t12-,15+/m0/s1. The SMILES string of the molecule is CO[C@@H]1CN(c2cc(Cl)ccc2C#N)C[C@H]1c1cn(C)nn1. The number of hydrogen-bond acceptors (Lipinski definition) is 5. The average molecular weight is 318 g/mol. The molecule has 2 atom stereocenters. The van der Waals surface area contributed by atoms with Gasteiger partial charge < -0.3 is 9.64 Å². The van der Waals surface area contributed by atoms with Crippen LogP contribution in [0.4, 0.5) is 5.69 Å². The molecule has 1 aromatic carbocycles.